The minimum absolute atomic E-state index is 0.379. The van der Waals surface area contributed by atoms with Crippen molar-refractivity contribution in [2.24, 2.45) is 5.92 Å². The van der Waals surface area contributed by atoms with Gasteiger partial charge in [0.15, 0.2) is 0 Å². The topological polar surface area (TPSA) is 52.9 Å². The molecule has 1 amide bonds. The summed E-state index contributed by atoms with van der Waals surface area (Å²) in [4.78, 5) is 12.6. The highest BCUT2D eigenvalue weighted by molar-refractivity contribution is 8.00. The second-order valence-electron chi connectivity index (χ2n) is 4.95. The SMILES string of the molecule is C[C@@H]1CCc2c(sc(NC(=O)CSC(F)(F)F)c2C#N)C1. The summed E-state index contributed by atoms with van der Waals surface area (Å²) in [5.74, 6) is -0.916. The van der Waals surface area contributed by atoms with Crippen molar-refractivity contribution >= 4 is 34.0 Å². The third-order valence-corrected chi connectivity index (χ3v) is 5.15. The number of carbonyl (C=O) groups excluding carboxylic acids is 1. The van der Waals surface area contributed by atoms with E-state index in [-0.39, 0.29) is 11.8 Å². The van der Waals surface area contributed by atoms with Crippen molar-refractivity contribution in [3.8, 4) is 6.07 Å². The Morgan fingerprint density at radius 3 is 2.90 bits per heavy atom. The van der Waals surface area contributed by atoms with Crippen LogP contribution in [0.4, 0.5) is 18.2 Å². The first-order valence-electron chi connectivity index (χ1n) is 6.35. The van der Waals surface area contributed by atoms with Crippen LogP contribution >= 0.6 is 23.1 Å². The van der Waals surface area contributed by atoms with Crippen LogP contribution in [0.2, 0.25) is 0 Å². The summed E-state index contributed by atoms with van der Waals surface area (Å²) in [5.41, 5.74) is -3.08. The highest BCUT2D eigenvalue weighted by Gasteiger charge is 2.30. The Morgan fingerprint density at radius 2 is 2.29 bits per heavy atom. The van der Waals surface area contributed by atoms with E-state index in [1.165, 1.54) is 11.3 Å². The van der Waals surface area contributed by atoms with Gasteiger partial charge in [0.05, 0.1) is 11.3 Å². The first kappa shape index (κ1) is 16.2. The van der Waals surface area contributed by atoms with E-state index in [1.807, 2.05) is 0 Å². The minimum atomic E-state index is -4.43. The van der Waals surface area contributed by atoms with E-state index in [2.05, 4.69) is 18.3 Å². The number of nitrogens with one attached hydrogen (secondary N) is 1. The lowest BCUT2D eigenvalue weighted by atomic mass is 9.89. The highest BCUT2D eigenvalue weighted by atomic mass is 32.2. The van der Waals surface area contributed by atoms with E-state index in [1.54, 1.807) is 0 Å². The lowest BCUT2D eigenvalue weighted by Gasteiger charge is -2.17. The van der Waals surface area contributed by atoms with Crippen molar-refractivity contribution in [1.29, 1.82) is 5.26 Å². The van der Waals surface area contributed by atoms with Gasteiger partial charge < -0.3 is 5.32 Å². The molecule has 114 valence electrons. The third kappa shape index (κ3) is 4.14. The fourth-order valence-electron chi connectivity index (χ4n) is 2.27. The van der Waals surface area contributed by atoms with Crippen LogP contribution in [0.15, 0.2) is 0 Å². The quantitative estimate of drug-likeness (QED) is 0.911. The molecular weight excluding hydrogens is 321 g/mol. The lowest BCUT2D eigenvalue weighted by molar-refractivity contribution is -0.114. The molecule has 21 heavy (non-hydrogen) atoms. The molecule has 0 spiro atoms. The number of nitrogens with zero attached hydrogens (tertiary/aromatic N) is 1. The number of thioether (sulfide) groups is 1. The van der Waals surface area contributed by atoms with Crippen LogP contribution in [0.5, 0.6) is 0 Å². The maximum Gasteiger partial charge on any atom is 0.442 e. The Bertz CT molecular complexity index is 589. The summed E-state index contributed by atoms with van der Waals surface area (Å²) in [7, 11) is 0. The molecular formula is C13H13F3N2OS2. The molecule has 1 heterocycles. The van der Waals surface area contributed by atoms with Crippen molar-refractivity contribution in [3.05, 3.63) is 16.0 Å². The van der Waals surface area contributed by atoms with Crippen molar-refractivity contribution < 1.29 is 18.0 Å². The summed E-state index contributed by atoms with van der Waals surface area (Å²) in [6.07, 6.45) is 2.61. The zero-order valence-corrected chi connectivity index (χ0v) is 12.8. The minimum Gasteiger partial charge on any atom is -0.316 e. The first-order chi connectivity index (χ1) is 9.80. The normalized spacial score (nSPS) is 18.0. The average molecular weight is 334 g/mol. The van der Waals surface area contributed by atoms with Gasteiger partial charge in [-0.3, -0.25) is 4.79 Å². The van der Waals surface area contributed by atoms with Crippen LogP contribution < -0.4 is 5.32 Å². The van der Waals surface area contributed by atoms with Gasteiger partial charge in [-0.15, -0.1) is 11.3 Å². The van der Waals surface area contributed by atoms with Gasteiger partial charge in [-0.25, -0.2) is 0 Å². The number of rotatable bonds is 3. The fourth-order valence-corrected chi connectivity index (χ4v) is 4.01. The Hall–Kier alpha value is -1.20. The monoisotopic (exact) mass is 334 g/mol. The third-order valence-electron chi connectivity index (χ3n) is 3.24. The molecule has 1 atom stereocenters. The second-order valence-corrected chi connectivity index (χ2v) is 7.10. The average Bonchev–Trinajstić information content (AvgIpc) is 2.71. The van der Waals surface area contributed by atoms with Crippen molar-refractivity contribution in [3.63, 3.8) is 0 Å². The molecule has 3 nitrogen and oxygen atoms in total. The molecule has 0 saturated carbocycles. The van der Waals surface area contributed by atoms with Crippen LogP contribution in [0.3, 0.4) is 0 Å². The van der Waals surface area contributed by atoms with Crippen LogP contribution in [-0.4, -0.2) is 17.2 Å². The van der Waals surface area contributed by atoms with Crippen molar-refractivity contribution in [1.82, 2.24) is 0 Å². The fraction of sp³-hybridized carbons (Fsp3) is 0.538. The van der Waals surface area contributed by atoms with E-state index in [4.69, 9.17) is 0 Å². The maximum absolute atomic E-state index is 12.1. The summed E-state index contributed by atoms with van der Waals surface area (Å²) in [6, 6.07) is 2.06. The van der Waals surface area contributed by atoms with Gasteiger partial charge in [0.1, 0.15) is 11.1 Å². The summed E-state index contributed by atoms with van der Waals surface area (Å²) in [6.45, 7) is 2.12. The van der Waals surface area contributed by atoms with E-state index >= 15 is 0 Å². The van der Waals surface area contributed by atoms with Crippen LogP contribution in [0, 0.1) is 17.2 Å². The zero-order chi connectivity index (χ0) is 15.6. The number of fused-ring (bicyclic) bond motifs is 1. The number of halogens is 3. The maximum atomic E-state index is 12.1. The van der Waals surface area contributed by atoms with Crippen LogP contribution in [0.1, 0.15) is 29.3 Å². The number of alkyl halides is 3. The standard InChI is InChI=1S/C13H13F3N2OS2/c1-7-2-3-8-9(5-17)12(21-10(8)4-7)18-11(19)6-20-13(14,15)16/h7H,2-4,6H2,1H3,(H,18,19)/t7-/m1/s1. The molecule has 0 aromatic carbocycles. The zero-order valence-electron chi connectivity index (χ0n) is 11.2. The van der Waals surface area contributed by atoms with Crippen molar-refractivity contribution in [2.75, 3.05) is 11.1 Å². The van der Waals surface area contributed by atoms with E-state index in [0.717, 1.165) is 29.7 Å². The van der Waals surface area contributed by atoms with Crippen LogP contribution in [-0.2, 0) is 17.6 Å². The molecule has 1 N–H and O–H groups in total. The van der Waals surface area contributed by atoms with Gasteiger partial charge in [0, 0.05) is 4.88 Å². The Labute approximate surface area is 128 Å². The molecule has 0 unspecified atom stereocenters. The Balaban J connectivity index is 2.10. The first-order valence-corrected chi connectivity index (χ1v) is 8.15. The van der Waals surface area contributed by atoms with Gasteiger partial charge in [-0.1, -0.05) is 6.92 Å². The number of hydrogen-bond donors (Lipinski definition) is 1. The number of carbonyl (C=O) groups is 1. The molecule has 0 bridgehead atoms. The Morgan fingerprint density at radius 1 is 1.57 bits per heavy atom. The number of anilines is 1. The van der Waals surface area contributed by atoms with Gasteiger partial charge >= 0.3 is 5.51 Å². The Kier molecular flexibility index (Phi) is 4.84. The lowest BCUT2D eigenvalue weighted by Crippen LogP contribution is -2.17. The summed E-state index contributed by atoms with van der Waals surface area (Å²) in [5, 5.41) is 12.0. The molecule has 0 radical (unpaired) electrons. The molecule has 0 aliphatic heterocycles. The van der Waals surface area contributed by atoms with Gasteiger partial charge in [0.2, 0.25) is 5.91 Å². The molecule has 0 saturated heterocycles. The highest BCUT2D eigenvalue weighted by Crippen LogP contribution is 2.39. The molecule has 2 rings (SSSR count). The predicted molar refractivity (Wildman–Crippen MR) is 77.4 cm³/mol. The molecule has 1 aliphatic carbocycles. The summed E-state index contributed by atoms with van der Waals surface area (Å²) < 4.78 is 36.2. The van der Waals surface area contributed by atoms with Crippen LogP contribution in [0.25, 0.3) is 0 Å². The molecule has 1 aromatic rings. The predicted octanol–water partition coefficient (Wildman–Crippen LogP) is 3.94. The van der Waals surface area contributed by atoms with Gasteiger partial charge in [-0.2, -0.15) is 18.4 Å². The number of thiophene rings is 1. The van der Waals surface area contributed by atoms with E-state index in [0.29, 0.717) is 16.5 Å². The molecule has 1 aliphatic rings. The number of amides is 1. The van der Waals surface area contributed by atoms with Gasteiger partial charge in [0.25, 0.3) is 0 Å². The second kappa shape index (κ2) is 6.28. The number of hydrogen-bond acceptors (Lipinski definition) is 4. The summed E-state index contributed by atoms with van der Waals surface area (Å²) >= 11 is 0.926. The van der Waals surface area contributed by atoms with Gasteiger partial charge in [-0.05, 0) is 42.5 Å². The number of nitriles is 1. The van der Waals surface area contributed by atoms with E-state index in [9.17, 15) is 23.2 Å². The largest absolute Gasteiger partial charge is 0.442 e. The molecule has 0 fully saturated rings. The molecule has 1 aromatic heterocycles. The van der Waals surface area contributed by atoms with Crippen molar-refractivity contribution in [2.45, 2.75) is 31.7 Å². The molecule has 8 heteroatoms. The van der Waals surface area contributed by atoms with E-state index < -0.39 is 17.2 Å². The smallest absolute Gasteiger partial charge is 0.316 e.